The van der Waals surface area contributed by atoms with Crippen LogP contribution >= 0.6 is 11.8 Å². The van der Waals surface area contributed by atoms with E-state index in [9.17, 15) is 15.2 Å². The fourth-order valence-electron chi connectivity index (χ4n) is 2.98. The molecule has 3 rings (SSSR count). The van der Waals surface area contributed by atoms with E-state index in [1.165, 1.54) is 0 Å². The standard InChI is InChI=1S/C18H16N2O2S/c19-10-15-13-8-4-5-9-14(13)17(12-6-2-1-3-7-12)20-18(15)23-11-16(21)22/h1-3,6-7H,4-5,8-9,11H2,(H,21,22)/p-1. The molecule has 2 aromatic rings. The van der Waals surface area contributed by atoms with Crippen LogP contribution in [0.15, 0.2) is 35.4 Å². The van der Waals surface area contributed by atoms with Crippen molar-refractivity contribution in [3.8, 4) is 17.3 Å². The number of fused-ring (bicyclic) bond motifs is 1. The monoisotopic (exact) mass is 323 g/mol. The van der Waals surface area contributed by atoms with E-state index in [1.54, 1.807) is 0 Å². The van der Waals surface area contributed by atoms with Gasteiger partial charge in [0.2, 0.25) is 0 Å². The third-order valence-corrected chi connectivity index (χ3v) is 4.92. The zero-order chi connectivity index (χ0) is 16.2. The summed E-state index contributed by atoms with van der Waals surface area (Å²) >= 11 is 1.07. The molecule has 0 amide bonds. The summed E-state index contributed by atoms with van der Waals surface area (Å²) in [5.41, 5.74) is 4.58. The highest BCUT2D eigenvalue weighted by Gasteiger charge is 2.22. The van der Waals surface area contributed by atoms with Crippen molar-refractivity contribution < 1.29 is 9.90 Å². The number of aliphatic carboxylic acids is 1. The number of nitriles is 1. The lowest BCUT2D eigenvalue weighted by Gasteiger charge is -2.22. The molecule has 23 heavy (non-hydrogen) atoms. The largest absolute Gasteiger partial charge is 0.549 e. The Morgan fingerprint density at radius 2 is 1.91 bits per heavy atom. The molecule has 4 nitrogen and oxygen atoms in total. The van der Waals surface area contributed by atoms with E-state index < -0.39 is 5.97 Å². The van der Waals surface area contributed by atoms with Crippen LogP contribution in [-0.2, 0) is 17.6 Å². The number of nitrogens with zero attached hydrogens (tertiary/aromatic N) is 2. The average Bonchev–Trinajstić information content (AvgIpc) is 2.59. The number of carboxylic acid groups (broad SMARTS) is 1. The van der Waals surface area contributed by atoms with E-state index in [4.69, 9.17) is 0 Å². The van der Waals surface area contributed by atoms with Crippen LogP contribution in [0.25, 0.3) is 11.3 Å². The number of carbonyl (C=O) groups excluding carboxylic acids is 1. The van der Waals surface area contributed by atoms with Gasteiger partial charge >= 0.3 is 0 Å². The normalized spacial score (nSPS) is 13.2. The Balaban J connectivity index is 2.17. The minimum absolute atomic E-state index is 0.200. The molecule has 1 aliphatic rings. The van der Waals surface area contributed by atoms with E-state index in [1.807, 2.05) is 30.3 Å². The highest BCUT2D eigenvalue weighted by Crippen LogP contribution is 2.36. The van der Waals surface area contributed by atoms with Gasteiger partial charge in [-0.3, -0.25) is 0 Å². The number of hydrogen-bond acceptors (Lipinski definition) is 5. The van der Waals surface area contributed by atoms with Gasteiger partial charge in [0.25, 0.3) is 0 Å². The Labute approximate surface area is 139 Å². The number of thioether (sulfide) groups is 1. The van der Waals surface area contributed by atoms with Gasteiger partial charge in [0, 0.05) is 11.3 Å². The van der Waals surface area contributed by atoms with Crippen molar-refractivity contribution in [1.82, 2.24) is 4.98 Å². The summed E-state index contributed by atoms with van der Waals surface area (Å²) in [5.74, 6) is -1.35. The predicted octanol–water partition coefficient (Wildman–Crippen LogP) is 2.34. The number of pyridine rings is 1. The molecule has 1 heterocycles. The molecule has 0 N–H and O–H groups in total. The zero-order valence-corrected chi connectivity index (χ0v) is 13.4. The van der Waals surface area contributed by atoms with Crippen LogP contribution in [0, 0.1) is 11.3 Å². The lowest BCUT2D eigenvalue weighted by atomic mass is 9.86. The SMILES string of the molecule is N#Cc1c(SCC(=O)[O-])nc(-c2ccccc2)c2c1CCCC2. The van der Waals surface area contributed by atoms with E-state index >= 15 is 0 Å². The number of aromatic nitrogens is 1. The smallest absolute Gasteiger partial charge is 0.115 e. The van der Waals surface area contributed by atoms with Crippen LogP contribution in [-0.4, -0.2) is 16.7 Å². The molecule has 5 heteroatoms. The summed E-state index contributed by atoms with van der Waals surface area (Å²) in [6.07, 6.45) is 3.89. The minimum atomic E-state index is -1.15. The van der Waals surface area contributed by atoms with Crippen LogP contribution in [0.2, 0.25) is 0 Å². The van der Waals surface area contributed by atoms with Gasteiger partial charge in [-0.2, -0.15) is 5.26 Å². The highest BCUT2D eigenvalue weighted by atomic mass is 32.2. The molecule has 0 atom stereocenters. The fraction of sp³-hybridized carbons (Fsp3) is 0.278. The molecule has 0 fully saturated rings. The number of carbonyl (C=O) groups is 1. The van der Waals surface area contributed by atoms with Crippen molar-refractivity contribution in [2.24, 2.45) is 0 Å². The third-order valence-electron chi connectivity index (χ3n) is 3.97. The van der Waals surface area contributed by atoms with Gasteiger partial charge in [-0.25, -0.2) is 4.98 Å². The highest BCUT2D eigenvalue weighted by molar-refractivity contribution is 7.99. The van der Waals surface area contributed by atoms with E-state index in [0.29, 0.717) is 10.6 Å². The average molecular weight is 323 g/mol. The predicted molar refractivity (Wildman–Crippen MR) is 86.8 cm³/mol. The van der Waals surface area contributed by atoms with E-state index in [0.717, 1.165) is 59.8 Å². The number of carboxylic acids is 1. The first-order valence-corrected chi connectivity index (χ1v) is 8.53. The number of benzene rings is 1. The fourth-order valence-corrected chi connectivity index (χ4v) is 3.70. The summed E-state index contributed by atoms with van der Waals surface area (Å²) in [6, 6.07) is 12.1. The van der Waals surface area contributed by atoms with Crippen molar-refractivity contribution in [1.29, 1.82) is 5.26 Å². The Hall–Kier alpha value is -2.32. The van der Waals surface area contributed by atoms with Crippen LogP contribution in [0.3, 0.4) is 0 Å². The third kappa shape index (κ3) is 3.22. The molecule has 0 bridgehead atoms. The lowest BCUT2D eigenvalue weighted by Crippen LogP contribution is -2.24. The second-order valence-corrected chi connectivity index (χ2v) is 6.41. The van der Waals surface area contributed by atoms with Gasteiger partial charge in [-0.1, -0.05) is 42.1 Å². The molecule has 0 aliphatic heterocycles. The number of rotatable bonds is 4. The van der Waals surface area contributed by atoms with Gasteiger partial charge < -0.3 is 9.90 Å². The van der Waals surface area contributed by atoms with Gasteiger partial charge in [0.05, 0.1) is 17.2 Å². The Bertz CT molecular complexity index is 782. The molecule has 116 valence electrons. The maximum absolute atomic E-state index is 10.8. The van der Waals surface area contributed by atoms with Crippen molar-refractivity contribution >= 4 is 17.7 Å². The van der Waals surface area contributed by atoms with Gasteiger partial charge in [-0.15, -0.1) is 0 Å². The van der Waals surface area contributed by atoms with Crippen LogP contribution < -0.4 is 5.11 Å². The summed E-state index contributed by atoms with van der Waals surface area (Å²) < 4.78 is 0. The quantitative estimate of drug-likeness (QED) is 0.807. The zero-order valence-electron chi connectivity index (χ0n) is 12.5. The van der Waals surface area contributed by atoms with Crippen molar-refractivity contribution in [3.05, 3.63) is 47.0 Å². The number of hydrogen-bond donors (Lipinski definition) is 0. The van der Waals surface area contributed by atoms with Crippen molar-refractivity contribution in [3.63, 3.8) is 0 Å². The lowest BCUT2D eigenvalue weighted by molar-refractivity contribution is -0.301. The second-order valence-electron chi connectivity index (χ2n) is 5.44. The maximum Gasteiger partial charge on any atom is 0.115 e. The van der Waals surface area contributed by atoms with Gasteiger partial charge in [-0.05, 0) is 36.8 Å². The van der Waals surface area contributed by atoms with Crippen LogP contribution in [0.5, 0.6) is 0 Å². The molecule has 0 saturated carbocycles. The Kier molecular flexibility index (Phi) is 4.63. The van der Waals surface area contributed by atoms with Crippen molar-refractivity contribution in [2.45, 2.75) is 30.7 Å². The summed E-state index contributed by atoms with van der Waals surface area (Å²) in [6.45, 7) is 0. The molecule has 0 unspecified atom stereocenters. The molecule has 0 saturated heterocycles. The molecule has 0 radical (unpaired) electrons. The minimum Gasteiger partial charge on any atom is -0.549 e. The summed E-state index contributed by atoms with van der Waals surface area (Å²) in [5, 5.41) is 20.8. The molecule has 1 aromatic heterocycles. The van der Waals surface area contributed by atoms with Gasteiger partial charge in [0.15, 0.2) is 0 Å². The van der Waals surface area contributed by atoms with Crippen molar-refractivity contribution in [2.75, 3.05) is 5.75 Å². The van der Waals surface area contributed by atoms with E-state index in [-0.39, 0.29) is 5.75 Å². The first-order valence-electron chi connectivity index (χ1n) is 7.54. The maximum atomic E-state index is 10.8. The molecule has 1 aliphatic carbocycles. The topological polar surface area (TPSA) is 76.8 Å². The van der Waals surface area contributed by atoms with Crippen LogP contribution in [0.1, 0.15) is 29.5 Å². The summed E-state index contributed by atoms with van der Waals surface area (Å²) in [7, 11) is 0. The first kappa shape index (κ1) is 15.6. The molecular weight excluding hydrogens is 308 g/mol. The van der Waals surface area contributed by atoms with Crippen LogP contribution in [0.4, 0.5) is 0 Å². The molecule has 0 spiro atoms. The Morgan fingerprint density at radius 1 is 1.22 bits per heavy atom. The first-order chi connectivity index (χ1) is 11.2. The van der Waals surface area contributed by atoms with E-state index in [2.05, 4.69) is 11.1 Å². The Morgan fingerprint density at radius 3 is 2.57 bits per heavy atom. The molecular formula is C18H15N2O2S-. The molecule has 1 aromatic carbocycles. The second kappa shape index (κ2) is 6.84. The van der Waals surface area contributed by atoms with Gasteiger partial charge in [0.1, 0.15) is 11.1 Å². The summed E-state index contributed by atoms with van der Waals surface area (Å²) in [4.78, 5) is 15.4.